The summed E-state index contributed by atoms with van der Waals surface area (Å²) in [5.41, 5.74) is 2.30. The number of fused-ring (bicyclic) bond motifs is 1. The highest BCUT2D eigenvalue weighted by Gasteiger charge is 2.38. The summed E-state index contributed by atoms with van der Waals surface area (Å²) < 4.78 is 13.1. The molecule has 1 heterocycles. The SMILES string of the molecule is CC1(C)C(=O)Nc2ccc(CC(=O)Nc3cccc(F)c3)cc21. The molecule has 5 heteroatoms. The minimum atomic E-state index is -0.607. The highest BCUT2D eigenvalue weighted by Crippen LogP contribution is 2.37. The first-order chi connectivity index (χ1) is 10.9. The van der Waals surface area contributed by atoms with Crippen LogP contribution in [0.5, 0.6) is 0 Å². The summed E-state index contributed by atoms with van der Waals surface area (Å²) in [6.45, 7) is 3.70. The minimum absolute atomic E-state index is 0.0473. The second-order valence-electron chi connectivity index (χ2n) is 6.19. The van der Waals surface area contributed by atoms with Crippen LogP contribution in [0.1, 0.15) is 25.0 Å². The van der Waals surface area contributed by atoms with Crippen molar-refractivity contribution in [1.82, 2.24) is 0 Å². The maximum absolute atomic E-state index is 13.1. The van der Waals surface area contributed by atoms with Crippen LogP contribution in [0.25, 0.3) is 0 Å². The van der Waals surface area contributed by atoms with Crippen LogP contribution in [0.3, 0.4) is 0 Å². The lowest BCUT2D eigenvalue weighted by molar-refractivity contribution is -0.119. The Morgan fingerprint density at radius 2 is 2.00 bits per heavy atom. The van der Waals surface area contributed by atoms with Gasteiger partial charge in [-0.05, 0) is 49.2 Å². The van der Waals surface area contributed by atoms with E-state index < -0.39 is 11.2 Å². The molecular formula is C18H17FN2O2. The Hall–Kier alpha value is -2.69. The maximum atomic E-state index is 13.1. The second kappa shape index (κ2) is 5.50. The van der Waals surface area contributed by atoms with Gasteiger partial charge in [0, 0.05) is 11.4 Å². The number of hydrogen-bond donors (Lipinski definition) is 2. The van der Waals surface area contributed by atoms with E-state index in [0.717, 1.165) is 16.8 Å². The molecular weight excluding hydrogens is 295 g/mol. The van der Waals surface area contributed by atoms with Crippen LogP contribution in [0.15, 0.2) is 42.5 Å². The summed E-state index contributed by atoms with van der Waals surface area (Å²) in [5, 5.41) is 5.50. The van der Waals surface area contributed by atoms with E-state index in [1.54, 1.807) is 12.1 Å². The van der Waals surface area contributed by atoms with Crippen molar-refractivity contribution in [3.05, 3.63) is 59.4 Å². The normalized spacial score (nSPS) is 15.0. The van der Waals surface area contributed by atoms with Crippen molar-refractivity contribution in [2.75, 3.05) is 10.6 Å². The summed E-state index contributed by atoms with van der Waals surface area (Å²) in [7, 11) is 0. The number of carbonyl (C=O) groups is 2. The fourth-order valence-electron chi connectivity index (χ4n) is 2.69. The number of carbonyl (C=O) groups excluding carboxylic acids is 2. The van der Waals surface area contributed by atoms with Gasteiger partial charge in [0.25, 0.3) is 0 Å². The first-order valence-corrected chi connectivity index (χ1v) is 7.36. The molecule has 0 saturated heterocycles. The summed E-state index contributed by atoms with van der Waals surface area (Å²) in [4.78, 5) is 24.0. The molecule has 4 nitrogen and oxygen atoms in total. The minimum Gasteiger partial charge on any atom is -0.326 e. The van der Waals surface area contributed by atoms with Crippen molar-refractivity contribution in [3.63, 3.8) is 0 Å². The van der Waals surface area contributed by atoms with Crippen molar-refractivity contribution in [2.45, 2.75) is 25.7 Å². The molecule has 0 bridgehead atoms. The van der Waals surface area contributed by atoms with Crippen LogP contribution in [-0.4, -0.2) is 11.8 Å². The first-order valence-electron chi connectivity index (χ1n) is 7.36. The van der Waals surface area contributed by atoms with Crippen LogP contribution in [0, 0.1) is 5.82 Å². The molecule has 1 aliphatic rings. The van der Waals surface area contributed by atoms with Crippen molar-refractivity contribution in [1.29, 1.82) is 0 Å². The number of nitrogens with one attached hydrogen (secondary N) is 2. The third kappa shape index (κ3) is 2.95. The van der Waals surface area contributed by atoms with Gasteiger partial charge in [-0.1, -0.05) is 18.2 Å². The van der Waals surface area contributed by atoms with E-state index in [-0.39, 0.29) is 18.2 Å². The van der Waals surface area contributed by atoms with Crippen LogP contribution < -0.4 is 10.6 Å². The topological polar surface area (TPSA) is 58.2 Å². The van der Waals surface area contributed by atoms with E-state index >= 15 is 0 Å². The molecule has 0 unspecified atom stereocenters. The predicted octanol–water partition coefficient (Wildman–Crippen LogP) is 3.24. The van der Waals surface area contributed by atoms with Gasteiger partial charge >= 0.3 is 0 Å². The Balaban J connectivity index is 1.76. The average Bonchev–Trinajstić information content (AvgIpc) is 2.69. The third-order valence-corrected chi connectivity index (χ3v) is 4.05. The van der Waals surface area contributed by atoms with Gasteiger partial charge in [0.05, 0.1) is 11.8 Å². The molecule has 1 aliphatic heterocycles. The van der Waals surface area contributed by atoms with Gasteiger partial charge in [-0.25, -0.2) is 4.39 Å². The van der Waals surface area contributed by atoms with E-state index in [1.807, 2.05) is 32.0 Å². The maximum Gasteiger partial charge on any atom is 0.234 e. The monoisotopic (exact) mass is 312 g/mol. The molecule has 2 aromatic carbocycles. The molecule has 2 amide bonds. The highest BCUT2D eigenvalue weighted by molar-refractivity contribution is 6.05. The zero-order chi connectivity index (χ0) is 16.6. The van der Waals surface area contributed by atoms with Crippen LogP contribution >= 0.6 is 0 Å². The molecule has 0 aromatic heterocycles. The van der Waals surface area contributed by atoms with Crippen LogP contribution in [0.4, 0.5) is 15.8 Å². The fourth-order valence-corrected chi connectivity index (χ4v) is 2.69. The summed E-state index contributed by atoms with van der Waals surface area (Å²) >= 11 is 0. The van der Waals surface area contributed by atoms with E-state index in [9.17, 15) is 14.0 Å². The number of halogens is 1. The molecule has 3 rings (SSSR count). The van der Waals surface area contributed by atoms with Gasteiger partial charge in [-0.3, -0.25) is 9.59 Å². The molecule has 0 radical (unpaired) electrons. The van der Waals surface area contributed by atoms with Crippen molar-refractivity contribution < 1.29 is 14.0 Å². The van der Waals surface area contributed by atoms with Gasteiger partial charge in [-0.15, -0.1) is 0 Å². The Morgan fingerprint density at radius 3 is 2.74 bits per heavy atom. The zero-order valence-corrected chi connectivity index (χ0v) is 12.9. The summed E-state index contributed by atoms with van der Waals surface area (Å²) in [6, 6.07) is 11.3. The Kier molecular flexibility index (Phi) is 3.64. The van der Waals surface area contributed by atoms with E-state index in [1.165, 1.54) is 12.1 Å². The highest BCUT2D eigenvalue weighted by atomic mass is 19.1. The largest absolute Gasteiger partial charge is 0.326 e. The number of amides is 2. The van der Waals surface area contributed by atoms with Gasteiger partial charge < -0.3 is 10.6 Å². The summed E-state index contributed by atoms with van der Waals surface area (Å²) in [5.74, 6) is -0.675. The molecule has 0 spiro atoms. The number of rotatable bonds is 3. The number of benzene rings is 2. The molecule has 0 fully saturated rings. The third-order valence-electron chi connectivity index (χ3n) is 4.05. The number of anilines is 2. The van der Waals surface area contributed by atoms with Gasteiger partial charge in [0.15, 0.2) is 0 Å². The number of hydrogen-bond acceptors (Lipinski definition) is 2. The Morgan fingerprint density at radius 1 is 1.22 bits per heavy atom. The molecule has 0 atom stereocenters. The molecule has 23 heavy (non-hydrogen) atoms. The lowest BCUT2D eigenvalue weighted by Crippen LogP contribution is -2.27. The fraction of sp³-hybridized carbons (Fsp3) is 0.222. The lowest BCUT2D eigenvalue weighted by atomic mass is 9.85. The molecule has 0 aliphatic carbocycles. The average molecular weight is 312 g/mol. The second-order valence-corrected chi connectivity index (χ2v) is 6.19. The van der Waals surface area contributed by atoms with Crippen LogP contribution in [-0.2, 0) is 21.4 Å². The lowest BCUT2D eigenvalue weighted by Gasteiger charge is -2.15. The zero-order valence-electron chi connectivity index (χ0n) is 12.9. The van der Waals surface area contributed by atoms with E-state index in [4.69, 9.17) is 0 Å². The molecule has 2 aromatic rings. The quantitative estimate of drug-likeness (QED) is 0.914. The van der Waals surface area contributed by atoms with Gasteiger partial charge in [0.2, 0.25) is 11.8 Å². The van der Waals surface area contributed by atoms with Crippen molar-refractivity contribution in [3.8, 4) is 0 Å². The van der Waals surface area contributed by atoms with Gasteiger partial charge in [-0.2, -0.15) is 0 Å². The smallest absolute Gasteiger partial charge is 0.234 e. The summed E-state index contributed by atoms with van der Waals surface area (Å²) in [6.07, 6.45) is 0.161. The molecule has 2 N–H and O–H groups in total. The van der Waals surface area contributed by atoms with Crippen LogP contribution in [0.2, 0.25) is 0 Å². The van der Waals surface area contributed by atoms with Crippen molar-refractivity contribution in [2.24, 2.45) is 0 Å². The Labute approximate surface area is 133 Å². The standard InChI is InChI=1S/C18H17FN2O2/c1-18(2)14-8-11(6-7-15(14)21-17(18)23)9-16(22)20-13-5-3-4-12(19)10-13/h3-8,10H,9H2,1-2H3,(H,20,22)(H,21,23). The molecule has 118 valence electrons. The van der Waals surface area contributed by atoms with E-state index in [2.05, 4.69) is 10.6 Å². The molecule has 0 saturated carbocycles. The first kappa shape index (κ1) is 15.2. The van der Waals surface area contributed by atoms with Crippen molar-refractivity contribution >= 4 is 23.2 Å². The predicted molar refractivity (Wildman–Crippen MR) is 86.8 cm³/mol. The van der Waals surface area contributed by atoms with E-state index in [0.29, 0.717) is 5.69 Å². The van der Waals surface area contributed by atoms with Gasteiger partial charge in [0.1, 0.15) is 5.82 Å². The Bertz CT molecular complexity index is 799.